The molecule has 5 rings (SSSR count). The third kappa shape index (κ3) is 4.81. The maximum absolute atomic E-state index is 12.9. The number of carbonyl (C=O) groups excluding carboxylic acids is 2. The molecule has 1 aromatic heterocycles. The van der Waals surface area contributed by atoms with Gasteiger partial charge in [0.2, 0.25) is 0 Å². The van der Waals surface area contributed by atoms with Crippen molar-refractivity contribution in [3.63, 3.8) is 0 Å². The van der Waals surface area contributed by atoms with Crippen LogP contribution in [-0.2, 0) is 17.8 Å². The molecule has 2 aliphatic heterocycles. The Morgan fingerprint density at radius 1 is 1.19 bits per heavy atom. The van der Waals surface area contributed by atoms with Crippen LogP contribution >= 0.6 is 15.9 Å². The average molecular weight is 558 g/mol. The number of halogens is 1. The fraction of sp³-hybridized carbons (Fsp3) is 0.333. The Balaban J connectivity index is 1.20. The summed E-state index contributed by atoms with van der Waals surface area (Å²) >= 11 is 3.39. The third-order valence-corrected chi connectivity index (χ3v) is 7.40. The van der Waals surface area contributed by atoms with Crippen LogP contribution < -0.4 is 16.4 Å². The zero-order chi connectivity index (χ0) is 25.4. The number of carboxylic acids is 1. The molecule has 12 heteroatoms. The lowest BCUT2D eigenvalue weighted by molar-refractivity contribution is -0.139. The Morgan fingerprint density at radius 2 is 1.94 bits per heavy atom. The molecule has 1 fully saturated rings. The molecule has 3 aromatic rings. The quantitative estimate of drug-likeness (QED) is 0.378. The van der Waals surface area contributed by atoms with Crippen molar-refractivity contribution >= 4 is 50.7 Å². The van der Waals surface area contributed by atoms with Crippen LogP contribution in [0.4, 0.5) is 15.3 Å². The van der Waals surface area contributed by atoms with Crippen LogP contribution in [0.15, 0.2) is 50.1 Å². The number of amides is 4. The molecule has 3 heterocycles. The molecule has 1 saturated heterocycles. The maximum atomic E-state index is 12.9. The molecule has 36 heavy (non-hydrogen) atoms. The van der Waals surface area contributed by atoms with Crippen molar-refractivity contribution in [1.29, 1.82) is 0 Å². The molecular weight excluding hydrogens is 534 g/mol. The highest BCUT2D eigenvalue weighted by molar-refractivity contribution is 9.10. The first kappa shape index (κ1) is 23.9. The summed E-state index contributed by atoms with van der Waals surface area (Å²) in [6.45, 7) is 1.32. The number of rotatable bonds is 5. The number of H-pyrrole nitrogens is 1. The first-order valence-electron chi connectivity index (χ1n) is 11.5. The molecule has 0 unspecified atom stereocenters. The van der Waals surface area contributed by atoms with Crippen molar-refractivity contribution in [2.45, 2.75) is 37.9 Å². The summed E-state index contributed by atoms with van der Waals surface area (Å²) in [7, 11) is 0. The monoisotopic (exact) mass is 557 g/mol. The minimum atomic E-state index is -1.18. The Morgan fingerprint density at radius 3 is 2.69 bits per heavy atom. The van der Waals surface area contributed by atoms with E-state index < -0.39 is 23.8 Å². The molecule has 2 aromatic carbocycles. The van der Waals surface area contributed by atoms with Gasteiger partial charge in [-0.25, -0.2) is 19.2 Å². The first-order chi connectivity index (χ1) is 17.3. The number of urea groups is 2. The number of anilines is 1. The molecule has 2 aliphatic rings. The number of nitrogens with one attached hydrogen (secondary N) is 3. The number of likely N-dealkylation sites (tertiary alicyclic amines) is 1. The number of hydrogen-bond donors (Lipinski definition) is 4. The molecule has 4 N–H and O–H groups in total. The molecule has 188 valence electrons. The van der Waals surface area contributed by atoms with E-state index in [1.54, 1.807) is 21.9 Å². The first-order valence-corrected chi connectivity index (χ1v) is 12.3. The summed E-state index contributed by atoms with van der Waals surface area (Å²) in [6, 6.07) is 9.06. The molecular formula is C24H24BrN5O6. The standard InChI is InChI=1S/C24H24BrN5O6/c25-16-11-18-20(36-24(35)28-18)10-14(16)9-19(21(31)32)27-22(33)29-7-5-15(6-8-29)30-12-13-3-1-2-4-17(13)26-23(30)34/h1-4,10-11,15,19H,5-9,12H2,(H,26,34)(H,27,33)(H,28,35)(H,31,32)/t19-/m1/s1. The van der Waals surface area contributed by atoms with Crippen LogP contribution in [0.2, 0.25) is 0 Å². The maximum Gasteiger partial charge on any atom is 0.417 e. The lowest BCUT2D eigenvalue weighted by Gasteiger charge is -2.40. The van der Waals surface area contributed by atoms with Crippen molar-refractivity contribution in [2.75, 3.05) is 18.4 Å². The number of aromatic amines is 1. The highest BCUT2D eigenvalue weighted by Crippen LogP contribution is 2.28. The number of fused-ring (bicyclic) bond motifs is 2. The fourth-order valence-corrected chi connectivity index (χ4v) is 5.23. The summed E-state index contributed by atoms with van der Waals surface area (Å²) < 4.78 is 5.65. The van der Waals surface area contributed by atoms with Gasteiger partial charge in [-0.1, -0.05) is 34.1 Å². The summed E-state index contributed by atoms with van der Waals surface area (Å²) in [6.07, 6.45) is 1.18. The van der Waals surface area contributed by atoms with Crippen molar-refractivity contribution in [1.82, 2.24) is 20.1 Å². The number of carbonyl (C=O) groups is 3. The average Bonchev–Trinajstić information content (AvgIpc) is 3.21. The van der Waals surface area contributed by atoms with E-state index in [2.05, 4.69) is 31.5 Å². The van der Waals surface area contributed by atoms with E-state index in [0.717, 1.165) is 11.3 Å². The molecule has 1 atom stereocenters. The van der Waals surface area contributed by atoms with Crippen molar-refractivity contribution in [2.24, 2.45) is 0 Å². The highest BCUT2D eigenvalue weighted by atomic mass is 79.9. The molecule has 0 aliphatic carbocycles. The topological polar surface area (TPSA) is 148 Å². The Kier molecular flexibility index (Phi) is 6.44. The number of para-hydroxylation sites is 1. The van der Waals surface area contributed by atoms with Gasteiger partial charge in [-0.2, -0.15) is 0 Å². The second-order valence-electron chi connectivity index (χ2n) is 8.93. The summed E-state index contributed by atoms with van der Waals surface area (Å²) in [5.74, 6) is -1.78. The van der Waals surface area contributed by atoms with Gasteiger partial charge in [0.25, 0.3) is 0 Å². The normalized spacial score (nSPS) is 17.0. The van der Waals surface area contributed by atoms with Gasteiger partial charge in [-0.3, -0.25) is 4.98 Å². The second kappa shape index (κ2) is 9.69. The summed E-state index contributed by atoms with van der Waals surface area (Å²) in [4.78, 5) is 54.8. The molecule has 0 radical (unpaired) electrons. The predicted molar refractivity (Wildman–Crippen MR) is 134 cm³/mol. The summed E-state index contributed by atoms with van der Waals surface area (Å²) in [5.41, 5.74) is 3.23. The van der Waals surface area contributed by atoms with Crippen LogP contribution in [0.25, 0.3) is 11.1 Å². The Hall–Kier alpha value is -3.80. The van der Waals surface area contributed by atoms with E-state index >= 15 is 0 Å². The number of carboxylic acid groups (broad SMARTS) is 1. The minimum absolute atomic E-state index is 0.00366. The largest absolute Gasteiger partial charge is 0.480 e. The van der Waals surface area contributed by atoms with Gasteiger partial charge < -0.3 is 30.0 Å². The van der Waals surface area contributed by atoms with Gasteiger partial charge >= 0.3 is 23.8 Å². The van der Waals surface area contributed by atoms with Crippen LogP contribution in [0, 0.1) is 0 Å². The fourth-order valence-electron chi connectivity index (χ4n) is 4.73. The van der Waals surface area contributed by atoms with E-state index in [1.165, 1.54) is 0 Å². The van der Waals surface area contributed by atoms with Crippen molar-refractivity contribution < 1.29 is 23.9 Å². The lowest BCUT2D eigenvalue weighted by Crippen LogP contribution is -2.54. The number of nitrogens with zero attached hydrogens (tertiary/aromatic N) is 2. The van der Waals surface area contributed by atoms with Gasteiger partial charge in [0.05, 0.1) is 5.52 Å². The van der Waals surface area contributed by atoms with E-state index in [0.29, 0.717) is 53.6 Å². The van der Waals surface area contributed by atoms with Crippen molar-refractivity contribution in [3.8, 4) is 0 Å². The summed E-state index contributed by atoms with van der Waals surface area (Å²) in [5, 5.41) is 15.3. The van der Waals surface area contributed by atoms with E-state index in [-0.39, 0.29) is 18.5 Å². The van der Waals surface area contributed by atoms with Gasteiger partial charge in [-0.15, -0.1) is 0 Å². The Labute approximate surface area is 213 Å². The van der Waals surface area contributed by atoms with Crippen molar-refractivity contribution in [3.05, 3.63) is 62.5 Å². The number of piperidine rings is 1. The second-order valence-corrected chi connectivity index (χ2v) is 9.79. The molecule has 0 bridgehead atoms. The number of benzene rings is 2. The van der Waals surface area contributed by atoms with Gasteiger partial charge in [0.15, 0.2) is 5.58 Å². The zero-order valence-corrected chi connectivity index (χ0v) is 20.7. The van der Waals surface area contributed by atoms with Crippen LogP contribution in [-0.4, -0.2) is 63.1 Å². The predicted octanol–water partition coefficient (Wildman–Crippen LogP) is 3.10. The van der Waals surface area contributed by atoms with Gasteiger partial charge in [0, 0.05) is 42.3 Å². The lowest BCUT2D eigenvalue weighted by atomic mass is 10.0. The van der Waals surface area contributed by atoms with Gasteiger partial charge in [0.1, 0.15) is 6.04 Å². The SMILES string of the molecule is O=C(O)[C@@H](Cc1cc2oc(=O)[nH]c2cc1Br)NC(=O)N1CCC(N2Cc3ccccc3NC2=O)CC1. The number of aromatic nitrogens is 1. The zero-order valence-electron chi connectivity index (χ0n) is 19.1. The van der Waals surface area contributed by atoms with Crippen LogP contribution in [0.5, 0.6) is 0 Å². The van der Waals surface area contributed by atoms with Gasteiger partial charge in [-0.05, 0) is 42.2 Å². The van der Waals surface area contributed by atoms with E-state index in [4.69, 9.17) is 4.42 Å². The molecule has 11 nitrogen and oxygen atoms in total. The highest BCUT2D eigenvalue weighted by Gasteiger charge is 2.33. The third-order valence-electron chi connectivity index (χ3n) is 6.66. The van der Waals surface area contributed by atoms with E-state index in [9.17, 15) is 24.3 Å². The van der Waals surface area contributed by atoms with E-state index in [1.807, 2.05) is 24.3 Å². The minimum Gasteiger partial charge on any atom is -0.480 e. The molecule has 4 amide bonds. The molecule has 0 spiro atoms. The smallest absolute Gasteiger partial charge is 0.417 e. The van der Waals surface area contributed by atoms with Crippen LogP contribution in [0.3, 0.4) is 0 Å². The number of oxazole rings is 1. The number of aliphatic carboxylic acids is 1. The molecule has 0 saturated carbocycles. The van der Waals surface area contributed by atoms with Crippen LogP contribution in [0.1, 0.15) is 24.0 Å². The number of hydrogen-bond acceptors (Lipinski definition) is 5. The Bertz CT molecular complexity index is 1390.